The number of benzene rings is 1. The van der Waals surface area contributed by atoms with Crippen LogP contribution in [0.4, 0.5) is 0 Å². The van der Waals surface area contributed by atoms with Gasteiger partial charge in [0.05, 0.1) is 18.8 Å². The number of rotatable bonds is 5. The van der Waals surface area contributed by atoms with Gasteiger partial charge in [0.2, 0.25) is 0 Å². The molecule has 2 rings (SSSR count). The van der Waals surface area contributed by atoms with Crippen LogP contribution in [0.25, 0.3) is 0 Å². The van der Waals surface area contributed by atoms with Gasteiger partial charge in [-0.25, -0.2) is 0 Å². The van der Waals surface area contributed by atoms with Crippen LogP contribution in [0.1, 0.15) is 24.4 Å². The van der Waals surface area contributed by atoms with E-state index in [1.165, 1.54) is 0 Å². The van der Waals surface area contributed by atoms with Crippen LogP contribution in [0.15, 0.2) is 30.3 Å². The Labute approximate surface area is 96.4 Å². The Morgan fingerprint density at radius 1 is 1.38 bits per heavy atom. The van der Waals surface area contributed by atoms with Crippen LogP contribution in [-0.2, 0) is 4.74 Å². The largest absolute Gasteiger partial charge is 0.394 e. The Kier molecular flexibility index (Phi) is 4.34. The minimum Gasteiger partial charge on any atom is -0.394 e. The lowest BCUT2D eigenvalue weighted by Gasteiger charge is -2.19. The molecule has 1 fully saturated rings. The number of ether oxygens (including phenoxy) is 1. The highest BCUT2D eigenvalue weighted by Crippen LogP contribution is 2.15. The smallest absolute Gasteiger partial charge is 0.0700 e. The molecule has 2 atom stereocenters. The predicted molar refractivity (Wildman–Crippen MR) is 63.2 cm³/mol. The summed E-state index contributed by atoms with van der Waals surface area (Å²) < 4.78 is 5.54. The third-order valence-corrected chi connectivity index (χ3v) is 3.00. The number of aliphatic hydroxyl groups excluding tert-OH is 1. The fourth-order valence-corrected chi connectivity index (χ4v) is 2.05. The first-order valence-corrected chi connectivity index (χ1v) is 5.91. The second kappa shape index (κ2) is 5.99. The molecule has 0 saturated carbocycles. The van der Waals surface area contributed by atoms with Crippen LogP contribution < -0.4 is 5.32 Å². The SMILES string of the molecule is OCC(NCC1CCCO1)c1ccccc1. The third kappa shape index (κ3) is 3.04. The highest BCUT2D eigenvalue weighted by Gasteiger charge is 2.17. The van der Waals surface area contributed by atoms with Gasteiger partial charge in [0, 0.05) is 13.2 Å². The van der Waals surface area contributed by atoms with Crippen molar-refractivity contribution in [3.63, 3.8) is 0 Å². The Hall–Kier alpha value is -0.900. The van der Waals surface area contributed by atoms with E-state index in [1.54, 1.807) is 0 Å². The molecule has 1 saturated heterocycles. The minimum absolute atomic E-state index is 0.0189. The van der Waals surface area contributed by atoms with Crippen molar-refractivity contribution in [2.75, 3.05) is 19.8 Å². The van der Waals surface area contributed by atoms with Crippen molar-refractivity contribution in [3.8, 4) is 0 Å². The first-order valence-electron chi connectivity index (χ1n) is 5.91. The van der Waals surface area contributed by atoms with Crippen LogP contribution >= 0.6 is 0 Å². The molecular weight excluding hydrogens is 202 g/mol. The quantitative estimate of drug-likeness (QED) is 0.791. The Balaban J connectivity index is 1.85. The Morgan fingerprint density at radius 2 is 2.19 bits per heavy atom. The van der Waals surface area contributed by atoms with Gasteiger partial charge in [-0.3, -0.25) is 0 Å². The van der Waals surface area contributed by atoms with Crippen molar-refractivity contribution in [2.45, 2.75) is 25.0 Å². The van der Waals surface area contributed by atoms with Gasteiger partial charge in [-0.05, 0) is 18.4 Å². The standard InChI is InChI=1S/C13H19NO2/c15-10-13(11-5-2-1-3-6-11)14-9-12-7-4-8-16-12/h1-3,5-6,12-15H,4,7-10H2. The van der Waals surface area contributed by atoms with Crippen molar-refractivity contribution in [1.82, 2.24) is 5.32 Å². The summed E-state index contributed by atoms with van der Waals surface area (Å²) in [6, 6.07) is 10.0. The molecule has 1 aromatic carbocycles. The molecule has 1 heterocycles. The highest BCUT2D eigenvalue weighted by atomic mass is 16.5. The van der Waals surface area contributed by atoms with Crippen LogP contribution in [0, 0.1) is 0 Å². The number of hydrogen-bond acceptors (Lipinski definition) is 3. The van der Waals surface area contributed by atoms with E-state index in [0.29, 0.717) is 6.10 Å². The van der Waals surface area contributed by atoms with Gasteiger partial charge in [-0.15, -0.1) is 0 Å². The number of aliphatic hydroxyl groups is 1. The zero-order valence-electron chi connectivity index (χ0n) is 9.43. The van der Waals surface area contributed by atoms with E-state index in [4.69, 9.17) is 4.74 Å². The molecule has 88 valence electrons. The lowest BCUT2D eigenvalue weighted by Crippen LogP contribution is -2.31. The summed E-state index contributed by atoms with van der Waals surface area (Å²) in [4.78, 5) is 0. The summed E-state index contributed by atoms with van der Waals surface area (Å²) in [7, 11) is 0. The maximum Gasteiger partial charge on any atom is 0.0700 e. The molecule has 1 aromatic rings. The van der Waals surface area contributed by atoms with Crippen molar-refractivity contribution in [3.05, 3.63) is 35.9 Å². The first kappa shape index (κ1) is 11.6. The zero-order valence-corrected chi connectivity index (χ0v) is 9.43. The average molecular weight is 221 g/mol. The van der Waals surface area contributed by atoms with Gasteiger partial charge >= 0.3 is 0 Å². The molecule has 3 nitrogen and oxygen atoms in total. The van der Waals surface area contributed by atoms with Crippen LogP contribution in [0.2, 0.25) is 0 Å². The maximum atomic E-state index is 9.35. The second-order valence-electron chi connectivity index (χ2n) is 4.19. The summed E-state index contributed by atoms with van der Waals surface area (Å²) in [5, 5.41) is 12.7. The van der Waals surface area contributed by atoms with Gasteiger partial charge in [0.25, 0.3) is 0 Å². The van der Waals surface area contributed by atoms with Crippen molar-refractivity contribution < 1.29 is 9.84 Å². The van der Waals surface area contributed by atoms with Gasteiger partial charge in [-0.1, -0.05) is 30.3 Å². The van der Waals surface area contributed by atoms with E-state index in [-0.39, 0.29) is 12.6 Å². The first-order chi connectivity index (χ1) is 7.90. The van der Waals surface area contributed by atoms with Crippen LogP contribution in [0.5, 0.6) is 0 Å². The number of hydrogen-bond donors (Lipinski definition) is 2. The summed E-state index contributed by atoms with van der Waals surface area (Å²) in [5.41, 5.74) is 1.13. The predicted octanol–water partition coefficient (Wildman–Crippen LogP) is 1.49. The van der Waals surface area contributed by atoms with Crippen molar-refractivity contribution in [1.29, 1.82) is 0 Å². The molecule has 0 aromatic heterocycles. The van der Waals surface area contributed by atoms with E-state index < -0.39 is 0 Å². The lowest BCUT2D eigenvalue weighted by molar-refractivity contribution is 0.104. The van der Waals surface area contributed by atoms with Crippen molar-refractivity contribution in [2.24, 2.45) is 0 Å². The molecule has 1 aliphatic heterocycles. The molecule has 0 amide bonds. The summed E-state index contributed by atoms with van der Waals surface area (Å²) in [6.07, 6.45) is 2.60. The molecule has 1 aliphatic rings. The van der Waals surface area contributed by atoms with Crippen molar-refractivity contribution >= 4 is 0 Å². The monoisotopic (exact) mass is 221 g/mol. The topological polar surface area (TPSA) is 41.5 Å². The fourth-order valence-electron chi connectivity index (χ4n) is 2.05. The molecular formula is C13H19NO2. The van der Waals surface area contributed by atoms with E-state index in [9.17, 15) is 5.11 Å². The molecule has 3 heteroatoms. The van der Waals surface area contributed by atoms with Gasteiger partial charge in [0.1, 0.15) is 0 Å². The fraction of sp³-hybridized carbons (Fsp3) is 0.538. The average Bonchev–Trinajstić information content (AvgIpc) is 2.84. The maximum absolute atomic E-state index is 9.35. The summed E-state index contributed by atoms with van der Waals surface area (Å²) in [5.74, 6) is 0. The van der Waals surface area contributed by atoms with E-state index in [1.807, 2.05) is 30.3 Å². The zero-order chi connectivity index (χ0) is 11.2. The molecule has 16 heavy (non-hydrogen) atoms. The summed E-state index contributed by atoms with van der Waals surface area (Å²) >= 11 is 0. The summed E-state index contributed by atoms with van der Waals surface area (Å²) in [6.45, 7) is 1.82. The Bertz CT molecular complexity index is 296. The van der Waals surface area contributed by atoms with Gasteiger partial charge in [0.15, 0.2) is 0 Å². The molecule has 2 unspecified atom stereocenters. The minimum atomic E-state index is 0.0189. The van der Waals surface area contributed by atoms with E-state index in [2.05, 4.69) is 5.32 Å². The van der Waals surface area contributed by atoms with E-state index in [0.717, 1.165) is 31.6 Å². The van der Waals surface area contributed by atoms with E-state index >= 15 is 0 Å². The van der Waals surface area contributed by atoms with Gasteiger partial charge in [-0.2, -0.15) is 0 Å². The van der Waals surface area contributed by atoms with Gasteiger partial charge < -0.3 is 15.2 Å². The molecule has 0 radical (unpaired) electrons. The molecule has 0 bridgehead atoms. The Morgan fingerprint density at radius 3 is 2.81 bits per heavy atom. The second-order valence-corrected chi connectivity index (χ2v) is 4.19. The molecule has 0 spiro atoms. The molecule has 0 aliphatic carbocycles. The lowest BCUT2D eigenvalue weighted by atomic mass is 10.1. The number of nitrogens with one attached hydrogen (secondary N) is 1. The normalized spacial score (nSPS) is 22.2. The third-order valence-electron chi connectivity index (χ3n) is 3.00. The van der Waals surface area contributed by atoms with Crippen LogP contribution in [0.3, 0.4) is 0 Å². The highest BCUT2D eigenvalue weighted by molar-refractivity contribution is 5.18. The van der Waals surface area contributed by atoms with Crippen LogP contribution in [-0.4, -0.2) is 31.0 Å². The molecule has 2 N–H and O–H groups in total.